The Kier molecular flexibility index (Phi) is 4.89. The van der Waals surface area contributed by atoms with Crippen LogP contribution in [0.5, 0.6) is 11.5 Å². The smallest absolute Gasteiger partial charge is 0.277 e. The van der Waals surface area contributed by atoms with Crippen molar-refractivity contribution < 1.29 is 23.9 Å². The minimum absolute atomic E-state index is 0.257. The van der Waals surface area contributed by atoms with E-state index in [1.54, 1.807) is 49.6 Å². The zero-order valence-corrected chi connectivity index (χ0v) is 18.4. The van der Waals surface area contributed by atoms with Crippen LogP contribution in [-0.2, 0) is 15.2 Å². The lowest BCUT2D eigenvalue weighted by Gasteiger charge is -2.26. The molecule has 3 aromatic carbocycles. The van der Waals surface area contributed by atoms with Crippen molar-refractivity contribution in [2.45, 2.75) is 12.5 Å². The van der Waals surface area contributed by atoms with Gasteiger partial charge in [-0.15, -0.1) is 0 Å². The van der Waals surface area contributed by atoms with Crippen LogP contribution in [0.3, 0.4) is 0 Å². The summed E-state index contributed by atoms with van der Waals surface area (Å²) in [5.41, 5.74) is 2.05. The number of para-hydroxylation sites is 1. The van der Waals surface area contributed by atoms with Crippen molar-refractivity contribution in [2.75, 3.05) is 19.5 Å². The summed E-state index contributed by atoms with van der Waals surface area (Å²) in [4.78, 5) is 33.2. The van der Waals surface area contributed by atoms with E-state index in [1.807, 2.05) is 31.2 Å². The first-order valence-corrected chi connectivity index (χ1v) is 10.5. The highest BCUT2D eigenvalue weighted by molar-refractivity contribution is 6.24. The van der Waals surface area contributed by atoms with Crippen LogP contribution < -0.4 is 14.8 Å². The lowest BCUT2D eigenvalue weighted by Crippen LogP contribution is -2.46. The van der Waals surface area contributed by atoms with Gasteiger partial charge in [0.25, 0.3) is 11.5 Å². The average molecular weight is 442 g/mol. The first-order chi connectivity index (χ1) is 16.0. The molecule has 3 aromatic rings. The van der Waals surface area contributed by atoms with E-state index >= 15 is 0 Å². The number of ketones is 1. The molecule has 0 unspecified atom stereocenters. The fourth-order valence-electron chi connectivity index (χ4n) is 4.46. The maximum Gasteiger partial charge on any atom is 0.277 e. The van der Waals surface area contributed by atoms with Crippen LogP contribution in [0.15, 0.2) is 71.9 Å². The third kappa shape index (κ3) is 3.08. The summed E-state index contributed by atoms with van der Waals surface area (Å²) in [5, 5.41) is 7.16. The number of oxime groups is 1. The molecule has 166 valence electrons. The first-order valence-electron chi connectivity index (χ1n) is 10.5. The average Bonchev–Trinajstić information content (AvgIpc) is 3.37. The van der Waals surface area contributed by atoms with Gasteiger partial charge in [-0.25, -0.2) is 0 Å². The summed E-state index contributed by atoms with van der Waals surface area (Å²) in [6, 6.07) is 19.7. The lowest BCUT2D eigenvalue weighted by atomic mass is 9.74. The normalized spacial score (nSPS) is 20.6. The summed E-state index contributed by atoms with van der Waals surface area (Å²) >= 11 is 0. The van der Waals surface area contributed by atoms with Crippen molar-refractivity contribution in [3.05, 3.63) is 89.0 Å². The molecule has 0 radical (unpaired) electrons. The van der Waals surface area contributed by atoms with E-state index in [-0.39, 0.29) is 5.78 Å². The Morgan fingerprint density at radius 3 is 2.45 bits per heavy atom. The van der Waals surface area contributed by atoms with Gasteiger partial charge < -0.3 is 19.6 Å². The SMILES string of the molecule is COc1ccc(C2=NO[C@@]3(C(=O)Nc4ccccc43)[C@@H]2C(=O)c2ccc(C)cc2)cc1OC. The van der Waals surface area contributed by atoms with Gasteiger partial charge in [0.2, 0.25) is 0 Å². The standard InChI is InChI=1S/C26H22N2O5/c1-15-8-10-16(11-9-15)24(29)22-23(17-12-13-20(31-2)21(14-17)32-3)28-33-26(22)18-6-4-5-7-19(18)27-25(26)30/h4-14,22H,1-3H3,(H,27,30)/t22-,26+/m0/s1. The van der Waals surface area contributed by atoms with Crippen molar-refractivity contribution in [1.82, 2.24) is 0 Å². The molecule has 0 bridgehead atoms. The van der Waals surface area contributed by atoms with E-state index in [9.17, 15) is 9.59 Å². The number of carbonyl (C=O) groups is 2. The monoisotopic (exact) mass is 442 g/mol. The fraction of sp³-hybridized carbons (Fsp3) is 0.192. The molecule has 0 aliphatic carbocycles. The molecule has 0 fully saturated rings. The molecular formula is C26H22N2O5. The molecule has 1 spiro atoms. The number of benzene rings is 3. The van der Waals surface area contributed by atoms with Gasteiger partial charge in [0, 0.05) is 22.4 Å². The molecule has 0 saturated heterocycles. The Balaban J connectivity index is 1.68. The quantitative estimate of drug-likeness (QED) is 0.602. The van der Waals surface area contributed by atoms with E-state index in [0.29, 0.717) is 39.6 Å². The van der Waals surface area contributed by atoms with Crippen LogP contribution in [0, 0.1) is 12.8 Å². The topological polar surface area (TPSA) is 86.2 Å². The van der Waals surface area contributed by atoms with Gasteiger partial charge in [-0.3, -0.25) is 9.59 Å². The van der Waals surface area contributed by atoms with Crippen molar-refractivity contribution >= 4 is 23.1 Å². The van der Waals surface area contributed by atoms with Gasteiger partial charge in [-0.2, -0.15) is 0 Å². The molecular weight excluding hydrogens is 420 g/mol. The predicted octanol–water partition coefficient (Wildman–Crippen LogP) is 4.09. The largest absolute Gasteiger partial charge is 0.493 e. The van der Waals surface area contributed by atoms with Crippen LogP contribution in [0.4, 0.5) is 5.69 Å². The Morgan fingerprint density at radius 1 is 1.00 bits per heavy atom. The number of fused-ring (bicyclic) bond motifs is 2. The Morgan fingerprint density at radius 2 is 1.73 bits per heavy atom. The fourth-order valence-corrected chi connectivity index (χ4v) is 4.46. The maximum atomic E-state index is 13.9. The zero-order chi connectivity index (χ0) is 23.2. The number of carbonyl (C=O) groups excluding carboxylic acids is 2. The molecule has 1 amide bonds. The summed E-state index contributed by atoms with van der Waals surface area (Å²) < 4.78 is 10.8. The van der Waals surface area contributed by atoms with E-state index in [1.165, 1.54) is 7.11 Å². The second kappa shape index (κ2) is 7.78. The number of nitrogens with zero attached hydrogens (tertiary/aromatic N) is 1. The molecule has 7 nitrogen and oxygen atoms in total. The maximum absolute atomic E-state index is 13.9. The lowest BCUT2D eigenvalue weighted by molar-refractivity contribution is -0.140. The molecule has 2 aliphatic heterocycles. The molecule has 2 aliphatic rings. The molecule has 1 N–H and O–H groups in total. The number of aryl methyl sites for hydroxylation is 1. The predicted molar refractivity (Wildman–Crippen MR) is 123 cm³/mol. The summed E-state index contributed by atoms with van der Waals surface area (Å²) in [6.07, 6.45) is 0. The summed E-state index contributed by atoms with van der Waals surface area (Å²) in [5.74, 6) is -0.652. The minimum atomic E-state index is -1.60. The van der Waals surface area contributed by atoms with Gasteiger partial charge in [-0.05, 0) is 31.2 Å². The highest BCUT2D eigenvalue weighted by Gasteiger charge is 2.63. The molecule has 7 heteroatoms. The Bertz CT molecular complexity index is 1300. The van der Waals surface area contributed by atoms with Crippen LogP contribution >= 0.6 is 0 Å². The van der Waals surface area contributed by atoms with E-state index in [0.717, 1.165) is 5.56 Å². The van der Waals surface area contributed by atoms with Crippen molar-refractivity contribution in [1.29, 1.82) is 0 Å². The third-order valence-corrected chi connectivity index (χ3v) is 6.16. The molecule has 0 saturated carbocycles. The van der Waals surface area contributed by atoms with Crippen molar-refractivity contribution in [3.63, 3.8) is 0 Å². The number of methoxy groups -OCH3 is 2. The highest BCUT2D eigenvalue weighted by atomic mass is 16.7. The van der Waals surface area contributed by atoms with Gasteiger partial charge in [-0.1, -0.05) is 53.2 Å². The van der Waals surface area contributed by atoms with Gasteiger partial charge in [0.05, 0.1) is 14.2 Å². The van der Waals surface area contributed by atoms with E-state index in [2.05, 4.69) is 10.5 Å². The molecule has 33 heavy (non-hydrogen) atoms. The van der Waals surface area contributed by atoms with Crippen LogP contribution in [0.25, 0.3) is 0 Å². The van der Waals surface area contributed by atoms with Crippen LogP contribution in [-0.4, -0.2) is 31.6 Å². The highest BCUT2D eigenvalue weighted by Crippen LogP contribution is 2.50. The van der Waals surface area contributed by atoms with Gasteiger partial charge >= 0.3 is 0 Å². The number of anilines is 1. The van der Waals surface area contributed by atoms with Gasteiger partial charge in [0.1, 0.15) is 11.6 Å². The number of Topliss-reactive ketones (excluding diaryl/α,β-unsaturated/α-hetero) is 1. The number of hydrogen-bond donors (Lipinski definition) is 1. The number of amides is 1. The number of hydrogen-bond acceptors (Lipinski definition) is 6. The molecule has 5 rings (SSSR count). The van der Waals surface area contributed by atoms with Crippen LogP contribution in [0.1, 0.15) is 27.0 Å². The van der Waals surface area contributed by atoms with Crippen LogP contribution in [0.2, 0.25) is 0 Å². The number of rotatable bonds is 5. The minimum Gasteiger partial charge on any atom is -0.493 e. The first kappa shape index (κ1) is 20.8. The Labute approximate surface area is 191 Å². The summed E-state index contributed by atoms with van der Waals surface area (Å²) in [7, 11) is 3.08. The molecule has 0 aromatic heterocycles. The number of nitrogens with one attached hydrogen (secondary N) is 1. The Hall–Kier alpha value is -4.13. The summed E-state index contributed by atoms with van der Waals surface area (Å²) in [6.45, 7) is 1.95. The second-order valence-corrected chi connectivity index (χ2v) is 8.04. The number of ether oxygens (including phenoxy) is 2. The van der Waals surface area contributed by atoms with Crippen molar-refractivity contribution in [2.24, 2.45) is 11.1 Å². The second-order valence-electron chi connectivity index (χ2n) is 8.04. The zero-order valence-electron chi connectivity index (χ0n) is 18.4. The molecule has 2 heterocycles. The van der Waals surface area contributed by atoms with Crippen molar-refractivity contribution in [3.8, 4) is 11.5 Å². The van der Waals surface area contributed by atoms with E-state index < -0.39 is 17.4 Å². The van der Waals surface area contributed by atoms with Gasteiger partial charge in [0.15, 0.2) is 17.3 Å². The van der Waals surface area contributed by atoms with E-state index in [4.69, 9.17) is 14.3 Å². The molecule has 2 atom stereocenters. The third-order valence-electron chi connectivity index (χ3n) is 6.16.